The van der Waals surface area contributed by atoms with E-state index in [2.05, 4.69) is 15.9 Å². The standard InChI is InChI=1S/C15H10BrF3/c16-14-9-5-12(6-10-14)2-1-11-3-7-13(8-4-11)15(17,18)19/h1-10H/b2-1+. The smallest absolute Gasteiger partial charge is 0.166 e. The normalized spacial score (nSPS) is 12.0. The third kappa shape index (κ3) is 3.96. The van der Waals surface area contributed by atoms with Crippen molar-refractivity contribution >= 4 is 28.1 Å². The Kier molecular flexibility index (Phi) is 4.10. The van der Waals surface area contributed by atoms with Crippen molar-refractivity contribution in [2.75, 3.05) is 0 Å². The average molecular weight is 327 g/mol. The monoisotopic (exact) mass is 326 g/mol. The van der Waals surface area contributed by atoms with Crippen LogP contribution in [0.2, 0.25) is 0 Å². The lowest BCUT2D eigenvalue weighted by atomic mass is 10.1. The van der Waals surface area contributed by atoms with Crippen molar-refractivity contribution in [3.8, 4) is 0 Å². The van der Waals surface area contributed by atoms with E-state index in [1.165, 1.54) is 12.1 Å². The highest BCUT2D eigenvalue weighted by atomic mass is 79.9. The third-order valence-electron chi connectivity index (χ3n) is 2.58. The molecule has 0 N–H and O–H groups in total. The molecule has 0 saturated heterocycles. The Labute approximate surface area is 117 Å². The van der Waals surface area contributed by atoms with E-state index in [4.69, 9.17) is 0 Å². The van der Waals surface area contributed by atoms with Crippen LogP contribution >= 0.6 is 15.9 Å². The minimum atomic E-state index is -4.28. The predicted molar refractivity (Wildman–Crippen MR) is 74.5 cm³/mol. The molecular formula is C15H10BrF3. The van der Waals surface area contributed by atoms with Crippen LogP contribution in [0, 0.1) is 0 Å². The van der Waals surface area contributed by atoms with E-state index in [0.717, 1.165) is 27.7 Å². The quantitative estimate of drug-likeness (QED) is 0.626. The molecule has 0 unspecified atom stereocenters. The molecule has 2 rings (SSSR count). The summed E-state index contributed by atoms with van der Waals surface area (Å²) >= 11 is 3.34. The summed E-state index contributed by atoms with van der Waals surface area (Å²) in [5, 5.41) is 0. The van der Waals surface area contributed by atoms with Gasteiger partial charge in [0.15, 0.2) is 0 Å². The number of hydrogen-bond acceptors (Lipinski definition) is 0. The molecule has 0 fully saturated rings. The van der Waals surface area contributed by atoms with Gasteiger partial charge in [-0.05, 0) is 35.4 Å². The van der Waals surface area contributed by atoms with Gasteiger partial charge in [-0.25, -0.2) is 0 Å². The summed E-state index contributed by atoms with van der Waals surface area (Å²) in [5.74, 6) is 0. The Morgan fingerprint density at radius 3 is 1.58 bits per heavy atom. The molecule has 0 aliphatic rings. The second-order valence-electron chi connectivity index (χ2n) is 4.00. The first-order chi connectivity index (χ1) is 8.95. The molecule has 2 aromatic carbocycles. The average Bonchev–Trinajstić information content (AvgIpc) is 2.37. The fourth-order valence-electron chi connectivity index (χ4n) is 1.55. The van der Waals surface area contributed by atoms with E-state index in [1.54, 1.807) is 6.08 Å². The SMILES string of the molecule is FC(F)(F)c1ccc(/C=C/c2ccc(Br)cc2)cc1. The summed E-state index contributed by atoms with van der Waals surface area (Å²) in [7, 11) is 0. The maximum Gasteiger partial charge on any atom is 0.416 e. The van der Waals surface area contributed by atoms with Crippen molar-refractivity contribution in [1.29, 1.82) is 0 Å². The molecule has 98 valence electrons. The molecule has 0 aliphatic heterocycles. The van der Waals surface area contributed by atoms with Crippen LogP contribution in [0.25, 0.3) is 12.2 Å². The molecule has 0 radical (unpaired) electrons. The van der Waals surface area contributed by atoms with E-state index in [0.29, 0.717) is 0 Å². The van der Waals surface area contributed by atoms with Gasteiger partial charge in [0.1, 0.15) is 0 Å². The minimum Gasteiger partial charge on any atom is -0.166 e. The summed E-state index contributed by atoms with van der Waals surface area (Å²) < 4.78 is 38.1. The molecule has 2 aromatic rings. The largest absolute Gasteiger partial charge is 0.416 e. The Morgan fingerprint density at radius 1 is 0.737 bits per heavy atom. The van der Waals surface area contributed by atoms with Crippen molar-refractivity contribution in [3.05, 3.63) is 69.7 Å². The molecule has 4 heteroatoms. The van der Waals surface area contributed by atoms with E-state index < -0.39 is 11.7 Å². The lowest BCUT2D eigenvalue weighted by Crippen LogP contribution is -2.03. The first-order valence-electron chi connectivity index (χ1n) is 5.56. The van der Waals surface area contributed by atoms with Gasteiger partial charge in [0.25, 0.3) is 0 Å². The van der Waals surface area contributed by atoms with Crippen LogP contribution in [0.5, 0.6) is 0 Å². The fraction of sp³-hybridized carbons (Fsp3) is 0.0667. The van der Waals surface area contributed by atoms with Gasteiger partial charge in [-0.2, -0.15) is 13.2 Å². The van der Waals surface area contributed by atoms with Gasteiger partial charge in [-0.15, -0.1) is 0 Å². The van der Waals surface area contributed by atoms with Gasteiger partial charge in [-0.1, -0.05) is 52.3 Å². The topological polar surface area (TPSA) is 0 Å². The molecule has 0 spiro atoms. The van der Waals surface area contributed by atoms with Crippen molar-refractivity contribution in [1.82, 2.24) is 0 Å². The van der Waals surface area contributed by atoms with Crippen molar-refractivity contribution in [3.63, 3.8) is 0 Å². The van der Waals surface area contributed by atoms with E-state index in [9.17, 15) is 13.2 Å². The lowest BCUT2D eigenvalue weighted by Gasteiger charge is -2.05. The first kappa shape index (κ1) is 13.9. The van der Waals surface area contributed by atoms with Gasteiger partial charge in [0, 0.05) is 4.47 Å². The molecule has 0 atom stereocenters. The van der Waals surface area contributed by atoms with Crippen molar-refractivity contribution in [2.45, 2.75) is 6.18 Å². The summed E-state index contributed by atoms with van der Waals surface area (Å²) in [4.78, 5) is 0. The summed E-state index contributed by atoms with van der Waals surface area (Å²) in [6.07, 6.45) is -0.646. The third-order valence-corrected chi connectivity index (χ3v) is 3.10. The van der Waals surface area contributed by atoms with Crippen LogP contribution in [0.4, 0.5) is 13.2 Å². The number of benzene rings is 2. The Bertz CT molecular complexity index is 566. The lowest BCUT2D eigenvalue weighted by molar-refractivity contribution is -0.137. The molecule has 0 nitrogen and oxygen atoms in total. The zero-order valence-corrected chi connectivity index (χ0v) is 11.4. The van der Waals surface area contributed by atoms with Crippen LogP contribution < -0.4 is 0 Å². The minimum absolute atomic E-state index is 0.631. The van der Waals surface area contributed by atoms with Gasteiger partial charge in [0.2, 0.25) is 0 Å². The maximum absolute atomic E-state index is 12.4. The zero-order chi connectivity index (χ0) is 13.9. The predicted octanol–water partition coefficient (Wildman–Crippen LogP) is 5.64. The highest BCUT2D eigenvalue weighted by molar-refractivity contribution is 9.10. The van der Waals surface area contributed by atoms with E-state index in [-0.39, 0.29) is 0 Å². The van der Waals surface area contributed by atoms with Crippen LogP contribution in [-0.4, -0.2) is 0 Å². The van der Waals surface area contributed by atoms with Crippen LogP contribution in [-0.2, 0) is 6.18 Å². The first-order valence-corrected chi connectivity index (χ1v) is 6.35. The molecular weight excluding hydrogens is 317 g/mol. The zero-order valence-electron chi connectivity index (χ0n) is 9.79. The molecule has 0 heterocycles. The molecule has 0 aliphatic carbocycles. The molecule has 0 amide bonds. The summed E-state index contributed by atoms with van der Waals surface area (Å²) in [6.45, 7) is 0. The fourth-order valence-corrected chi connectivity index (χ4v) is 1.81. The van der Waals surface area contributed by atoms with Gasteiger partial charge in [-0.3, -0.25) is 0 Å². The Morgan fingerprint density at radius 2 is 1.16 bits per heavy atom. The van der Waals surface area contributed by atoms with E-state index in [1.807, 2.05) is 30.3 Å². The van der Waals surface area contributed by atoms with Crippen LogP contribution in [0.3, 0.4) is 0 Å². The van der Waals surface area contributed by atoms with Crippen LogP contribution in [0.1, 0.15) is 16.7 Å². The van der Waals surface area contributed by atoms with Gasteiger partial charge in [0.05, 0.1) is 5.56 Å². The maximum atomic E-state index is 12.4. The highest BCUT2D eigenvalue weighted by Crippen LogP contribution is 2.29. The van der Waals surface area contributed by atoms with Gasteiger partial charge < -0.3 is 0 Å². The molecule has 0 aromatic heterocycles. The Balaban J connectivity index is 2.13. The second-order valence-corrected chi connectivity index (χ2v) is 4.92. The molecule has 19 heavy (non-hydrogen) atoms. The molecule has 0 saturated carbocycles. The molecule has 0 bridgehead atoms. The number of hydrogen-bond donors (Lipinski definition) is 0. The van der Waals surface area contributed by atoms with Crippen molar-refractivity contribution < 1.29 is 13.2 Å². The van der Waals surface area contributed by atoms with Gasteiger partial charge >= 0.3 is 6.18 Å². The highest BCUT2D eigenvalue weighted by Gasteiger charge is 2.29. The van der Waals surface area contributed by atoms with Crippen LogP contribution in [0.15, 0.2) is 53.0 Å². The number of halogens is 4. The summed E-state index contributed by atoms with van der Waals surface area (Å²) in [6, 6.07) is 12.7. The second kappa shape index (κ2) is 5.61. The number of rotatable bonds is 2. The van der Waals surface area contributed by atoms with E-state index >= 15 is 0 Å². The summed E-state index contributed by atoms with van der Waals surface area (Å²) in [5.41, 5.74) is 1.09. The van der Waals surface area contributed by atoms with Crippen molar-refractivity contribution in [2.24, 2.45) is 0 Å². The number of alkyl halides is 3. The Hall–Kier alpha value is -1.55.